The summed E-state index contributed by atoms with van der Waals surface area (Å²) in [5.74, 6) is 0.570. The van der Waals surface area contributed by atoms with Gasteiger partial charge < -0.3 is 14.4 Å². The molecule has 1 aromatic carbocycles. The van der Waals surface area contributed by atoms with Gasteiger partial charge in [-0.2, -0.15) is 5.26 Å². The van der Waals surface area contributed by atoms with Crippen molar-refractivity contribution in [1.29, 1.82) is 5.26 Å². The van der Waals surface area contributed by atoms with Crippen molar-refractivity contribution in [2.75, 3.05) is 20.8 Å². The number of nitriles is 1. The molecule has 5 nitrogen and oxygen atoms in total. The van der Waals surface area contributed by atoms with Gasteiger partial charge in [0.05, 0.1) is 36.8 Å². The van der Waals surface area contributed by atoms with Gasteiger partial charge in [0.2, 0.25) is 0 Å². The Morgan fingerprint density at radius 3 is 2.77 bits per heavy atom. The van der Waals surface area contributed by atoms with E-state index in [1.54, 1.807) is 24.1 Å². The molecule has 118 valence electrons. The molecule has 0 radical (unpaired) electrons. The quantitative estimate of drug-likeness (QED) is 0.837. The molecule has 1 aliphatic rings. The summed E-state index contributed by atoms with van der Waals surface area (Å²) in [6.07, 6.45) is 0.408. The lowest BCUT2D eigenvalue weighted by Gasteiger charge is -2.21. The lowest BCUT2D eigenvalue weighted by Crippen LogP contribution is -2.35. The molecule has 1 amide bonds. The second-order valence-corrected chi connectivity index (χ2v) is 5.83. The van der Waals surface area contributed by atoms with Crippen molar-refractivity contribution in [2.45, 2.75) is 24.8 Å². The zero-order chi connectivity index (χ0) is 16.3. The van der Waals surface area contributed by atoms with E-state index < -0.39 is 6.09 Å². The van der Waals surface area contributed by atoms with Crippen molar-refractivity contribution in [3.05, 3.63) is 27.7 Å². The number of likely N-dealkylation sites (tertiary alicyclic amines) is 1. The first-order chi connectivity index (χ1) is 10.5. The van der Waals surface area contributed by atoms with Crippen LogP contribution in [0.1, 0.15) is 24.3 Å². The average Bonchev–Trinajstić information content (AvgIpc) is 2.93. The molecule has 0 aromatic heterocycles. The third kappa shape index (κ3) is 3.08. The van der Waals surface area contributed by atoms with Crippen molar-refractivity contribution >= 4 is 29.3 Å². The molecule has 0 spiro atoms. The van der Waals surface area contributed by atoms with Gasteiger partial charge in [-0.05, 0) is 18.6 Å². The fourth-order valence-corrected chi connectivity index (χ4v) is 3.35. The van der Waals surface area contributed by atoms with Gasteiger partial charge in [-0.3, -0.25) is 0 Å². The van der Waals surface area contributed by atoms with Crippen LogP contribution in [0, 0.1) is 11.3 Å². The predicted octanol–water partition coefficient (Wildman–Crippen LogP) is 3.84. The standard InChI is InChI=1S/C15H16Cl2N2O3/c1-21-12-4-3-11(16)14(17)13(12)9-7-10(5-6-18)19(8-9)15(20)22-2/h3-4,9-10H,5,7-8H2,1-2H3/t9-,10+/m0/s1. The number of methoxy groups -OCH3 is 2. The van der Waals surface area contributed by atoms with Crippen LogP contribution >= 0.6 is 23.2 Å². The number of rotatable bonds is 3. The summed E-state index contributed by atoms with van der Waals surface area (Å²) in [7, 11) is 2.88. The Kier molecular flexibility index (Phi) is 5.38. The molecule has 1 aromatic rings. The first kappa shape index (κ1) is 16.7. The van der Waals surface area contributed by atoms with Crippen molar-refractivity contribution < 1.29 is 14.3 Å². The lowest BCUT2D eigenvalue weighted by atomic mass is 9.94. The van der Waals surface area contributed by atoms with E-state index in [-0.39, 0.29) is 18.4 Å². The molecule has 7 heteroatoms. The van der Waals surface area contributed by atoms with Gasteiger partial charge in [-0.1, -0.05) is 23.2 Å². The summed E-state index contributed by atoms with van der Waals surface area (Å²) in [6.45, 7) is 0.412. The van der Waals surface area contributed by atoms with E-state index in [1.807, 2.05) is 0 Å². The number of ether oxygens (including phenoxy) is 2. The van der Waals surface area contributed by atoms with Gasteiger partial charge >= 0.3 is 6.09 Å². The number of hydrogen-bond donors (Lipinski definition) is 0. The second kappa shape index (κ2) is 7.08. The number of carbonyl (C=O) groups is 1. The number of benzene rings is 1. The first-order valence-corrected chi connectivity index (χ1v) is 7.52. The van der Waals surface area contributed by atoms with Gasteiger partial charge in [0, 0.05) is 24.1 Å². The fraction of sp³-hybridized carbons (Fsp3) is 0.467. The molecule has 1 fully saturated rings. The van der Waals surface area contributed by atoms with Crippen LogP contribution in [0.2, 0.25) is 10.0 Å². The van der Waals surface area contributed by atoms with Crippen molar-refractivity contribution in [1.82, 2.24) is 4.90 Å². The number of hydrogen-bond acceptors (Lipinski definition) is 4. The minimum atomic E-state index is -0.445. The third-order valence-electron chi connectivity index (χ3n) is 3.87. The maximum absolute atomic E-state index is 11.9. The smallest absolute Gasteiger partial charge is 0.409 e. The molecule has 0 aliphatic carbocycles. The number of halogens is 2. The van der Waals surface area contributed by atoms with Crippen molar-refractivity contribution in [3.63, 3.8) is 0 Å². The number of amides is 1. The van der Waals surface area contributed by atoms with E-state index >= 15 is 0 Å². The SMILES string of the molecule is COC(=O)N1C[C@@H](c2c(OC)ccc(Cl)c2Cl)C[C@H]1CC#N. The van der Waals surface area contributed by atoms with E-state index in [9.17, 15) is 4.79 Å². The highest BCUT2D eigenvalue weighted by atomic mass is 35.5. The van der Waals surface area contributed by atoms with Crippen LogP contribution in [0.5, 0.6) is 5.75 Å². The Morgan fingerprint density at radius 2 is 2.18 bits per heavy atom. The fourth-order valence-electron chi connectivity index (χ4n) is 2.87. The zero-order valence-corrected chi connectivity index (χ0v) is 13.8. The largest absolute Gasteiger partial charge is 0.496 e. The molecule has 2 rings (SSSR count). The highest BCUT2D eigenvalue weighted by Crippen LogP contribution is 2.43. The normalized spacial score (nSPS) is 20.6. The van der Waals surface area contributed by atoms with E-state index in [1.165, 1.54) is 7.11 Å². The Bertz CT molecular complexity index is 616. The summed E-state index contributed by atoms with van der Waals surface area (Å²) in [5.41, 5.74) is 0.769. The molecular formula is C15H16Cl2N2O3. The molecule has 0 saturated carbocycles. The molecule has 22 heavy (non-hydrogen) atoms. The zero-order valence-electron chi connectivity index (χ0n) is 12.3. The van der Waals surface area contributed by atoms with Gasteiger partial charge in [0.1, 0.15) is 5.75 Å². The van der Waals surface area contributed by atoms with Crippen LogP contribution in [0.4, 0.5) is 4.79 Å². The summed E-state index contributed by atoms with van der Waals surface area (Å²) in [6, 6.07) is 5.33. The van der Waals surface area contributed by atoms with Crippen molar-refractivity contribution in [2.24, 2.45) is 0 Å². The van der Waals surface area contributed by atoms with Crippen LogP contribution in [-0.2, 0) is 4.74 Å². The Labute approximate surface area is 139 Å². The lowest BCUT2D eigenvalue weighted by molar-refractivity contribution is 0.119. The summed E-state index contributed by atoms with van der Waals surface area (Å²) < 4.78 is 10.2. The molecule has 1 heterocycles. The minimum Gasteiger partial charge on any atom is -0.496 e. The van der Waals surface area contributed by atoms with E-state index in [0.717, 1.165) is 5.56 Å². The molecule has 1 aliphatic heterocycles. The monoisotopic (exact) mass is 342 g/mol. The predicted molar refractivity (Wildman–Crippen MR) is 83.5 cm³/mol. The highest BCUT2D eigenvalue weighted by Gasteiger charge is 2.38. The maximum Gasteiger partial charge on any atom is 0.409 e. The molecular weight excluding hydrogens is 327 g/mol. The van der Waals surface area contributed by atoms with Crippen LogP contribution in [0.3, 0.4) is 0 Å². The Balaban J connectivity index is 2.37. The van der Waals surface area contributed by atoms with E-state index in [0.29, 0.717) is 28.8 Å². The number of carbonyl (C=O) groups excluding carboxylic acids is 1. The Morgan fingerprint density at radius 1 is 1.45 bits per heavy atom. The molecule has 0 bridgehead atoms. The van der Waals surface area contributed by atoms with Crippen LogP contribution in [0.15, 0.2) is 12.1 Å². The second-order valence-electron chi connectivity index (χ2n) is 5.05. The molecule has 0 unspecified atom stereocenters. The topological polar surface area (TPSA) is 62.6 Å². The summed E-state index contributed by atoms with van der Waals surface area (Å²) in [4.78, 5) is 13.4. The van der Waals surface area contributed by atoms with Gasteiger partial charge in [-0.15, -0.1) is 0 Å². The minimum absolute atomic E-state index is 0.0569. The maximum atomic E-state index is 11.9. The number of nitrogens with zero attached hydrogens (tertiary/aromatic N) is 2. The summed E-state index contributed by atoms with van der Waals surface area (Å²) in [5, 5.41) is 9.82. The van der Waals surface area contributed by atoms with Gasteiger partial charge in [-0.25, -0.2) is 4.79 Å². The van der Waals surface area contributed by atoms with E-state index in [2.05, 4.69) is 6.07 Å². The van der Waals surface area contributed by atoms with Crippen LogP contribution in [-0.4, -0.2) is 37.8 Å². The van der Waals surface area contributed by atoms with Crippen molar-refractivity contribution in [3.8, 4) is 11.8 Å². The molecule has 0 N–H and O–H groups in total. The third-order valence-corrected chi connectivity index (χ3v) is 4.69. The van der Waals surface area contributed by atoms with E-state index in [4.69, 9.17) is 37.9 Å². The summed E-state index contributed by atoms with van der Waals surface area (Å²) >= 11 is 12.4. The van der Waals surface area contributed by atoms with Crippen LogP contribution < -0.4 is 4.74 Å². The molecule has 2 atom stereocenters. The van der Waals surface area contributed by atoms with Gasteiger partial charge in [0.25, 0.3) is 0 Å². The molecule has 1 saturated heterocycles. The van der Waals surface area contributed by atoms with Gasteiger partial charge in [0.15, 0.2) is 0 Å². The Hall–Kier alpha value is -1.64. The average molecular weight is 343 g/mol. The first-order valence-electron chi connectivity index (χ1n) is 6.76. The van der Waals surface area contributed by atoms with Crippen LogP contribution in [0.25, 0.3) is 0 Å². The highest BCUT2D eigenvalue weighted by molar-refractivity contribution is 6.42.